The summed E-state index contributed by atoms with van der Waals surface area (Å²) in [5, 5.41) is 22.9. The highest BCUT2D eigenvalue weighted by atomic mass is 16.3. The lowest BCUT2D eigenvalue weighted by atomic mass is 10.1. The number of nitrogens with zero attached hydrogens (tertiary/aromatic N) is 4. The number of nitrogens with one attached hydrogen (secondary N) is 3. The molecule has 0 spiro atoms. The topological polar surface area (TPSA) is 161 Å². The quantitative estimate of drug-likeness (QED) is 0.241. The SMILES string of the molecule is C[C@H](CO)N(CN)C(=N)c1cccc(NC(=O)Nc2cc(C(=O)N3CCCCC3)ccn2)n1. The molecule has 0 unspecified atom stereocenters. The van der Waals surface area contributed by atoms with Crippen LogP contribution in [0.5, 0.6) is 0 Å². The van der Waals surface area contributed by atoms with Gasteiger partial charge in [0.2, 0.25) is 0 Å². The number of aromatic nitrogens is 2. The molecule has 0 aliphatic carbocycles. The van der Waals surface area contributed by atoms with Gasteiger partial charge in [-0.25, -0.2) is 14.8 Å². The minimum atomic E-state index is -0.583. The van der Waals surface area contributed by atoms with E-state index < -0.39 is 6.03 Å². The van der Waals surface area contributed by atoms with E-state index in [1.807, 2.05) is 4.90 Å². The molecule has 2 aromatic heterocycles. The zero-order chi connectivity index (χ0) is 23.8. The number of piperidine rings is 1. The fourth-order valence-corrected chi connectivity index (χ4v) is 3.55. The lowest BCUT2D eigenvalue weighted by Crippen LogP contribution is -2.44. The van der Waals surface area contributed by atoms with Crippen LogP contribution < -0.4 is 16.4 Å². The number of anilines is 2. The van der Waals surface area contributed by atoms with Gasteiger partial charge in [-0.1, -0.05) is 6.07 Å². The van der Waals surface area contributed by atoms with Gasteiger partial charge in [-0.15, -0.1) is 0 Å². The summed E-state index contributed by atoms with van der Waals surface area (Å²) in [6, 6.07) is 7.10. The number of aliphatic hydroxyl groups excluding tert-OH is 1. The fourth-order valence-electron chi connectivity index (χ4n) is 3.55. The highest BCUT2D eigenvalue weighted by Gasteiger charge is 2.20. The molecule has 1 atom stereocenters. The number of aliphatic hydroxyl groups is 1. The van der Waals surface area contributed by atoms with Crippen molar-refractivity contribution in [3.63, 3.8) is 0 Å². The molecule has 1 aliphatic rings. The van der Waals surface area contributed by atoms with E-state index in [0.29, 0.717) is 11.3 Å². The van der Waals surface area contributed by atoms with Crippen LogP contribution in [0.1, 0.15) is 42.2 Å². The van der Waals surface area contributed by atoms with Gasteiger partial charge in [0.15, 0.2) is 0 Å². The Labute approximate surface area is 192 Å². The molecular weight excluding hydrogens is 424 g/mol. The summed E-state index contributed by atoms with van der Waals surface area (Å²) in [5.41, 5.74) is 6.47. The molecule has 0 radical (unpaired) electrons. The van der Waals surface area contributed by atoms with Gasteiger partial charge < -0.3 is 20.6 Å². The molecule has 176 valence electrons. The van der Waals surface area contributed by atoms with Gasteiger partial charge in [0.25, 0.3) is 5.91 Å². The number of hydrogen-bond donors (Lipinski definition) is 5. The summed E-state index contributed by atoms with van der Waals surface area (Å²) in [5.74, 6) is 0.429. The number of nitrogens with two attached hydrogens (primary N) is 1. The zero-order valence-corrected chi connectivity index (χ0v) is 18.6. The van der Waals surface area contributed by atoms with Crippen LogP contribution in [-0.2, 0) is 0 Å². The molecule has 2 aromatic rings. The summed E-state index contributed by atoms with van der Waals surface area (Å²) in [7, 11) is 0. The Morgan fingerprint density at radius 2 is 1.94 bits per heavy atom. The van der Waals surface area contributed by atoms with Crippen LogP contribution >= 0.6 is 0 Å². The number of urea groups is 1. The molecule has 0 saturated carbocycles. The minimum absolute atomic E-state index is 0.0358. The maximum atomic E-state index is 12.7. The molecule has 6 N–H and O–H groups in total. The largest absolute Gasteiger partial charge is 0.394 e. The molecule has 1 fully saturated rings. The van der Waals surface area contributed by atoms with E-state index in [1.54, 1.807) is 37.3 Å². The van der Waals surface area contributed by atoms with Crippen molar-refractivity contribution in [2.45, 2.75) is 32.2 Å². The van der Waals surface area contributed by atoms with Crippen LogP contribution in [0.3, 0.4) is 0 Å². The van der Waals surface area contributed by atoms with E-state index >= 15 is 0 Å². The molecular formula is C22H30N8O3. The molecule has 0 aromatic carbocycles. The van der Waals surface area contributed by atoms with E-state index in [1.165, 1.54) is 11.1 Å². The van der Waals surface area contributed by atoms with E-state index in [-0.39, 0.29) is 42.7 Å². The summed E-state index contributed by atoms with van der Waals surface area (Å²) in [6.45, 7) is 3.10. The third kappa shape index (κ3) is 6.24. The first-order valence-corrected chi connectivity index (χ1v) is 10.9. The minimum Gasteiger partial charge on any atom is -0.394 e. The second kappa shape index (κ2) is 11.3. The Morgan fingerprint density at radius 1 is 1.21 bits per heavy atom. The van der Waals surface area contributed by atoms with Gasteiger partial charge in [0.05, 0.1) is 19.3 Å². The fraction of sp³-hybridized carbons (Fsp3) is 0.409. The summed E-state index contributed by atoms with van der Waals surface area (Å²) >= 11 is 0. The molecule has 11 heteroatoms. The Bertz CT molecular complexity index is 993. The Balaban J connectivity index is 1.65. The molecule has 1 saturated heterocycles. The first-order valence-electron chi connectivity index (χ1n) is 10.9. The van der Waals surface area contributed by atoms with Crippen molar-refractivity contribution in [1.82, 2.24) is 19.8 Å². The lowest BCUT2D eigenvalue weighted by Gasteiger charge is -2.28. The van der Waals surface area contributed by atoms with Gasteiger partial charge >= 0.3 is 6.03 Å². The monoisotopic (exact) mass is 454 g/mol. The van der Waals surface area contributed by atoms with Gasteiger partial charge in [-0.05, 0) is 50.5 Å². The van der Waals surface area contributed by atoms with Crippen LogP contribution in [0.2, 0.25) is 0 Å². The molecule has 0 bridgehead atoms. The maximum absolute atomic E-state index is 12.7. The van der Waals surface area contributed by atoms with E-state index in [9.17, 15) is 14.7 Å². The van der Waals surface area contributed by atoms with E-state index in [4.69, 9.17) is 11.1 Å². The number of hydrogen-bond acceptors (Lipinski definition) is 7. The van der Waals surface area contributed by atoms with Crippen LogP contribution in [0, 0.1) is 5.41 Å². The number of rotatable bonds is 7. The van der Waals surface area contributed by atoms with E-state index in [2.05, 4.69) is 20.6 Å². The standard InChI is InChI=1S/C22H30N8O3/c1-15(13-31)30(14-23)20(24)17-6-5-7-18(26-17)27-22(33)28-19-12-16(8-9-25-19)21(32)29-10-3-2-4-11-29/h5-9,12,15,24,31H,2-4,10-11,13-14,23H2,1H3,(H2,25,26,27,28,33)/t15-/m1/s1. The second-order valence-corrected chi connectivity index (χ2v) is 7.80. The Morgan fingerprint density at radius 3 is 2.64 bits per heavy atom. The van der Waals surface area contributed by atoms with Crippen molar-refractivity contribution in [2.24, 2.45) is 5.73 Å². The Hall–Kier alpha value is -3.57. The van der Waals surface area contributed by atoms with Crippen LogP contribution in [-0.4, -0.2) is 75.1 Å². The van der Waals surface area contributed by atoms with Crippen LogP contribution in [0.15, 0.2) is 36.5 Å². The third-order valence-electron chi connectivity index (χ3n) is 5.41. The van der Waals surface area contributed by atoms with Gasteiger partial charge in [0.1, 0.15) is 23.2 Å². The van der Waals surface area contributed by atoms with E-state index in [0.717, 1.165) is 32.4 Å². The molecule has 3 rings (SSSR count). The van der Waals surface area contributed by atoms with Crippen LogP contribution in [0.4, 0.5) is 16.4 Å². The molecule has 1 aliphatic heterocycles. The van der Waals surface area contributed by atoms with Crippen molar-refractivity contribution in [3.8, 4) is 0 Å². The highest BCUT2D eigenvalue weighted by Crippen LogP contribution is 2.15. The highest BCUT2D eigenvalue weighted by molar-refractivity contribution is 6.01. The number of carbonyl (C=O) groups is 2. The molecule has 3 heterocycles. The maximum Gasteiger partial charge on any atom is 0.326 e. The van der Waals surface area contributed by atoms with Crippen molar-refractivity contribution < 1.29 is 14.7 Å². The summed E-state index contributed by atoms with van der Waals surface area (Å²) < 4.78 is 0. The first kappa shape index (κ1) is 24.1. The first-order chi connectivity index (χ1) is 15.9. The van der Waals surface area contributed by atoms with Gasteiger partial charge in [0, 0.05) is 24.8 Å². The summed E-state index contributed by atoms with van der Waals surface area (Å²) in [6.07, 6.45) is 4.61. The number of amidine groups is 1. The van der Waals surface area contributed by atoms with Gasteiger partial charge in [-0.3, -0.25) is 20.8 Å². The van der Waals surface area contributed by atoms with Crippen molar-refractivity contribution in [2.75, 3.05) is 37.0 Å². The predicted molar refractivity (Wildman–Crippen MR) is 125 cm³/mol. The van der Waals surface area contributed by atoms with Crippen molar-refractivity contribution in [3.05, 3.63) is 47.8 Å². The van der Waals surface area contributed by atoms with Crippen LogP contribution in [0.25, 0.3) is 0 Å². The normalized spacial score (nSPS) is 14.3. The summed E-state index contributed by atoms with van der Waals surface area (Å²) in [4.78, 5) is 36.9. The smallest absolute Gasteiger partial charge is 0.326 e. The molecule has 3 amide bonds. The number of amides is 3. The molecule has 33 heavy (non-hydrogen) atoms. The average molecular weight is 455 g/mol. The zero-order valence-electron chi connectivity index (χ0n) is 18.6. The Kier molecular flexibility index (Phi) is 8.28. The average Bonchev–Trinajstić information content (AvgIpc) is 2.84. The van der Waals surface area contributed by atoms with Crippen molar-refractivity contribution >= 4 is 29.4 Å². The lowest BCUT2D eigenvalue weighted by molar-refractivity contribution is 0.0724. The third-order valence-corrected chi connectivity index (χ3v) is 5.41. The number of pyridine rings is 2. The number of carbonyl (C=O) groups excluding carboxylic acids is 2. The van der Waals surface area contributed by atoms with Gasteiger partial charge in [-0.2, -0.15) is 0 Å². The number of likely N-dealkylation sites (tertiary alicyclic amines) is 1. The molecule has 11 nitrogen and oxygen atoms in total. The van der Waals surface area contributed by atoms with Crippen molar-refractivity contribution in [1.29, 1.82) is 5.41 Å². The predicted octanol–water partition coefficient (Wildman–Crippen LogP) is 1.67. The second-order valence-electron chi connectivity index (χ2n) is 7.80.